The minimum Gasteiger partial charge on any atom is -0.476 e. The van der Waals surface area contributed by atoms with Crippen molar-refractivity contribution in [1.82, 2.24) is 20.1 Å². The van der Waals surface area contributed by atoms with Crippen molar-refractivity contribution in [3.05, 3.63) is 47.9 Å². The van der Waals surface area contributed by atoms with Crippen LogP contribution in [0.1, 0.15) is 21.0 Å². The number of hydrogen-bond acceptors (Lipinski definition) is 6. The van der Waals surface area contributed by atoms with Crippen molar-refractivity contribution >= 4 is 17.7 Å². The summed E-state index contributed by atoms with van der Waals surface area (Å²) >= 11 is 0. The van der Waals surface area contributed by atoms with Crippen LogP contribution in [0.4, 0.5) is 5.82 Å². The Morgan fingerprint density at radius 1 is 0.957 bits per heavy atom. The maximum atomic E-state index is 12.3. The van der Waals surface area contributed by atoms with Crippen molar-refractivity contribution in [2.75, 3.05) is 31.1 Å². The fraction of sp³-hybridized carbons (Fsp3) is 0.267. The number of hydrogen-bond donors (Lipinski definition) is 1. The Labute approximate surface area is 132 Å². The molecule has 1 N–H and O–H groups in total. The first-order chi connectivity index (χ1) is 11.1. The van der Waals surface area contributed by atoms with Crippen LogP contribution in [0.3, 0.4) is 0 Å². The average Bonchev–Trinajstić information content (AvgIpc) is 2.62. The van der Waals surface area contributed by atoms with E-state index in [4.69, 9.17) is 5.11 Å². The smallest absolute Gasteiger partial charge is 0.356 e. The van der Waals surface area contributed by atoms with E-state index in [2.05, 4.69) is 15.2 Å². The number of piperazine rings is 1. The highest BCUT2D eigenvalue weighted by molar-refractivity contribution is 5.92. The molecule has 0 bridgehead atoms. The average molecular weight is 313 g/mol. The van der Waals surface area contributed by atoms with E-state index in [-0.39, 0.29) is 11.6 Å². The highest BCUT2D eigenvalue weighted by Gasteiger charge is 2.23. The standard InChI is InChI=1S/C15H15N5O3/c21-14(11-3-1-2-6-16-11)20-9-7-19(8-10-20)13-5-4-12(15(22)23)17-18-13/h1-6H,7-10H2,(H,22,23). The molecular formula is C15H15N5O3. The molecule has 23 heavy (non-hydrogen) atoms. The van der Waals surface area contributed by atoms with Gasteiger partial charge in [0.1, 0.15) is 5.69 Å². The molecule has 2 aromatic rings. The zero-order valence-electron chi connectivity index (χ0n) is 12.3. The van der Waals surface area contributed by atoms with Crippen molar-refractivity contribution < 1.29 is 14.7 Å². The third-order valence-electron chi connectivity index (χ3n) is 3.64. The number of aromatic carboxylic acids is 1. The van der Waals surface area contributed by atoms with Crippen molar-refractivity contribution in [3.63, 3.8) is 0 Å². The van der Waals surface area contributed by atoms with E-state index in [9.17, 15) is 9.59 Å². The van der Waals surface area contributed by atoms with Crippen LogP contribution in [-0.2, 0) is 0 Å². The Kier molecular flexibility index (Phi) is 4.13. The number of carboxylic acid groups (broad SMARTS) is 1. The Balaban J connectivity index is 1.62. The minimum atomic E-state index is -1.10. The number of carbonyl (C=O) groups is 2. The Morgan fingerprint density at radius 3 is 2.30 bits per heavy atom. The zero-order valence-corrected chi connectivity index (χ0v) is 12.3. The van der Waals surface area contributed by atoms with E-state index in [1.54, 1.807) is 35.4 Å². The largest absolute Gasteiger partial charge is 0.476 e. The van der Waals surface area contributed by atoms with Crippen molar-refractivity contribution in [3.8, 4) is 0 Å². The number of aromatic nitrogens is 3. The molecule has 0 unspecified atom stereocenters. The van der Waals surface area contributed by atoms with Gasteiger partial charge in [-0.1, -0.05) is 6.07 Å². The second kappa shape index (κ2) is 6.39. The van der Waals surface area contributed by atoms with Gasteiger partial charge in [-0.3, -0.25) is 9.78 Å². The SMILES string of the molecule is O=C(O)c1ccc(N2CCN(C(=O)c3ccccn3)CC2)nn1. The molecule has 2 aromatic heterocycles. The van der Waals surface area contributed by atoms with Gasteiger partial charge in [0.05, 0.1) is 0 Å². The fourth-order valence-corrected chi connectivity index (χ4v) is 2.40. The number of amides is 1. The number of carbonyl (C=O) groups excluding carboxylic acids is 1. The highest BCUT2D eigenvalue weighted by Crippen LogP contribution is 2.14. The van der Waals surface area contributed by atoms with Crippen molar-refractivity contribution in [2.45, 2.75) is 0 Å². The summed E-state index contributed by atoms with van der Waals surface area (Å²) in [6.07, 6.45) is 1.60. The monoisotopic (exact) mass is 313 g/mol. The number of anilines is 1. The molecule has 8 heteroatoms. The Bertz CT molecular complexity index is 697. The van der Waals surface area contributed by atoms with Gasteiger partial charge in [0.15, 0.2) is 11.5 Å². The molecule has 0 radical (unpaired) electrons. The molecule has 1 aliphatic rings. The molecule has 1 amide bonds. The third kappa shape index (κ3) is 3.25. The summed E-state index contributed by atoms with van der Waals surface area (Å²) in [6, 6.07) is 8.32. The first-order valence-corrected chi connectivity index (χ1v) is 7.17. The van der Waals surface area contributed by atoms with Gasteiger partial charge in [0.25, 0.3) is 5.91 Å². The maximum absolute atomic E-state index is 12.3. The molecular weight excluding hydrogens is 298 g/mol. The van der Waals surface area contributed by atoms with Gasteiger partial charge >= 0.3 is 5.97 Å². The van der Waals surface area contributed by atoms with Gasteiger partial charge in [-0.2, -0.15) is 0 Å². The van der Waals surface area contributed by atoms with E-state index in [0.29, 0.717) is 37.7 Å². The predicted molar refractivity (Wildman–Crippen MR) is 81.3 cm³/mol. The van der Waals surface area contributed by atoms with Gasteiger partial charge < -0.3 is 14.9 Å². The van der Waals surface area contributed by atoms with Gasteiger partial charge in [-0.05, 0) is 24.3 Å². The molecule has 118 valence electrons. The molecule has 0 aliphatic carbocycles. The van der Waals surface area contributed by atoms with Crippen LogP contribution >= 0.6 is 0 Å². The first kappa shape index (κ1) is 14.9. The molecule has 0 saturated carbocycles. The number of pyridine rings is 1. The van der Waals surface area contributed by atoms with Crippen LogP contribution in [0.5, 0.6) is 0 Å². The van der Waals surface area contributed by atoms with Crippen molar-refractivity contribution in [2.24, 2.45) is 0 Å². The summed E-state index contributed by atoms with van der Waals surface area (Å²) in [7, 11) is 0. The van der Waals surface area contributed by atoms with Gasteiger partial charge in [-0.15, -0.1) is 10.2 Å². The van der Waals surface area contributed by atoms with Gasteiger partial charge in [0.2, 0.25) is 0 Å². The lowest BCUT2D eigenvalue weighted by Crippen LogP contribution is -2.49. The van der Waals surface area contributed by atoms with Crippen LogP contribution in [0.25, 0.3) is 0 Å². The second-order valence-electron chi connectivity index (χ2n) is 5.08. The molecule has 0 atom stereocenters. The van der Waals surface area contributed by atoms with Crippen LogP contribution < -0.4 is 4.90 Å². The second-order valence-corrected chi connectivity index (χ2v) is 5.08. The summed E-state index contributed by atoms with van der Waals surface area (Å²) in [6.45, 7) is 2.33. The third-order valence-corrected chi connectivity index (χ3v) is 3.64. The lowest BCUT2D eigenvalue weighted by molar-refractivity contribution is 0.0687. The summed E-state index contributed by atoms with van der Waals surface area (Å²) in [4.78, 5) is 30.9. The molecule has 8 nitrogen and oxygen atoms in total. The van der Waals surface area contributed by atoms with E-state index < -0.39 is 5.97 Å². The summed E-state index contributed by atoms with van der Waals surface area (Å²) in [5.74, 6) is -0.577. The summed E-state index contributed by atoms with van der Waals surface area (Å²) < 4.78 is 0. The van der Waals surface area contributed by atoms with E-state index in [1.165, 1.54) is 6.07 Å². The maximum Gasteiger partial charge on any atom is 0.356 e. The van der Waals surface area contributed by atoms with Crippen LogP contribution in [0.2, 0.25) is 0 Å². The normalized spacial score (nSPS) is 14.6. The molecule has 0 aromatic carbocycles. The molecule has 3 heterocycles. The van der Waals surface area contributed by atoms with E-state index in [1.807, 2.05) is 4.90 Å². The molecule has 1 aliphatic heterocycles. The number of rotatable bonds is 3. The number of carboxylic acids is 1. The van der Waals surface area contributed by atoms with Crippen molar-refractivity contribution in [1.29, 1.82) is 0 Å². The summed E-state index contributed by atoms with van der Waals surface area (Å²) in [5, 5.41) is 16.4. The lowest BCUT2D eigenvalue weighted by atomic mass is 10.2. The lowest BCUT2D eigenvalue weighted by Gasteiger charge is -2.35. The topological polar surface area (TPSA) is 99.5 Å². The molecule has 1 fully saturated rings. The Morgan fingerprint density at radius 2 is 1.74 bits per heavy atom. The molecule has 3 rings (SSSR count). The van der Waals surface area contributed by atoms with Gasteiger partial charge in [-0.25, -0.2) is 4.79 Å². The van der Waals surface area contributed by atoms with Crippen LogP contribution in [-0.4, -0.2) is 63.2 Å². The molecule has 1 saturated heterocycles. The quantitative estimate of drug-likeness (QED) is 0.882. The van der Waals surface area contributed by atoms with E-state index >= 15 is 0 Å². The predicted octanol–water partition coefficient (Wildman–Crippen LogP) is 0.532. The van der Waals surface area contributed by atoms with Crippen LogP contribution in [0.15, 0.2) is 36.5 Å². The Hall–Kier alpha value is -3.03. The first-order valence-electron chi connectivity index (χ1n) is 7.17. The summed E-state index contributed by atoms with van der Waals surface area (Å²) in [5.41, 5.74) is 0.351. The zero-order chi connectivity index (χ0) is 16.2. The number of nitrogens with zero attached hydrogens (tertiary/aromatic N) is 5. The van der Waals surface area contributed by atoms with Crippen LogP contribution in [0, 0.1) is 0 Å². The van der Waals surface area contributed by atoms with Gasteiger partial charge in [0, 0.05) is 32.4 Å². The van der Waals surface area contributed by atoms with E-state index in [0.717, 1.165) is 0 Å². The molecule has 0 spiro atoms. The highest BCUT2D eigenvalue weighted by atomic mass is 16.4. The minimum absolute atomic E-state index is 0.0854. The fourth-order valence-electron chi connectivity index (χ4n) is 2.40.